The highest BCUT2D eigenvalue weighted by atomic mass is 32.2. The Hall–Kier alpha value is -0.500. The molecule has 19 heavy (non-hydrogen) atoms. The number of sulfonamides is 1. The number of aryl methyl sites for hydroxylation is 1. The van der Waals surface area contributed by atoms with Gasteiger partial charge in [0.25, 0.3) is 0 Å². The van der Waals surface area contributed by atoms with Crippen LogP contribution in [0.15, 0.2) is 17.2 Å². The van der Waals surface area contributed by atoms with Crippen LogP contribution in [0.5, 0.6) is 0 Å². The van der Waals surface area contributed by atoms with Gasteiger partial charge in [-0.05, 0) is 25.3 Å². The predicted octanol–water partition coefficient (Wildman–Crippen LogP) is 1.17. The van der Waals surface area contributed by atoms with E-state index in [9.17, 15) is 8.42 Å². The van der Waals surface area contributed by atoms with E-state index in [1.807, 2.05) is 17.9 Å². The molecular weight excluding hydrogens is 282 g/mol. The second-order valence-corrected chi connectivity index (χ2v) is 7.10. The van der Waals surface area contributed by atoms with Crippen LogP contribution in [0.2, 0.25) is 0 Å². The largest absolute Gasteiger partial charge is 0.352 e. The predicted molar refractivity (Wildman–Crippen MR) is 81.0 cm³/mol. The van der Waals surface area contributed by atoms with E-state index in [-0.39, 0.29) is 0 Å². The minimum atomic E-state index is -3.38. The fraction of sp³-hybridized carbons (Fsp3) is 0.667. The van der Waals surface area contributed by atoms with Crippen LogP contribution in [0.25, 0.3) is 0 Å². The van der Waals surface area contributed by atoms with E-state index in [2.05, 4.69) is 17.0 Å². The zero-order valence-electron chi connectivity index (χ0n) is 11.8. The molecule has 0 radical (unpaired) electrons. The van der Waals surface area contributed by atoms with Gasteiger partial charge >= 0.3 is 0 Å². The lowest BCUT2D eigenvalue weighted by molar-refractivity contribution is 0.584. The molecule has 1 aromatic heterocycles. The molecule has 0 fully saturated rings. The van der Waals surface area contributed by atoms with Gasteiger partial charge in [0, 0.05) is 37.8 Å². The van der Waals surface area contributed by atoms with Crippen molar-refractivity contribution < 1.29 is 8.42 Å². The van der Waals surface area contributed by atoms with Crippen LogP contribution < -0.4 is 10.0 Å². The molecule has 2 N–H and O–H groups in total. The first-order chi connectivity index (χ1) is 9.01. The second-order valence-electron chi connectivity index (χ2n) is 4.35. The SMILES string of the molecule is CCCNCc1cc(S(=O)(=O)NCCSC)cn1C. The van der Waals surface area contributed by atoms with Gasteiger partial charge in [0.1, 0.15) is 0 Å². The van der Waals surface area contributed by atoms with Crippen molar-refractivity contribution >= 4 is 21.8 Å². The maximum Gasteiger partial charge on any atom is 0.242 e. The van der Waals surface area contributed by atoms with Crippen LogP contribution >= 0.6 is 11.8 Å². The Morgan fingerprint density at radius 1 is 1.37 bits per heavy atom. The van der Waals surface area contributed by atoms with Crippen molar-refractivity contribution in [2.24, 2.45) is 7.05 Å². The van der Waals surface area contributed by atoms with Crippen molar-refractivity contribution in [1.82, 2.24) is 14.6 Å². The molecule has 0 aliphatic heterocycles. The third-order valence-corrected chi connectivity index (χ3v) is 4.76. The van der Waals surface area contributed by atoms with E-state index in [1.54, 1.807) is 24.0 Å². The summed E-state index contributed by atoms with van der Waals surface area (Å²) in [5.41, 5.74) is 0.971. The maximum absolute atomic E-state index is 12.0. The topological polar surface area (TPSA) is 63.1 Å². The molecule has 0 bridgehead atoms. The molecule has 0 saturated carbocycles. The number of aromatic nitrogens is 1. The van der Waals surface area contributed by atoms with Crippen LogP contribution in [-0.4, -0.2) is 38.1 Å². The van der Waals surface area contributed by atoms with E-state index in [1.165, 1.54) is 0 Å². The Bertz CT molecular complexity index is 483. The Labute approximate surface area is 120 Å². The van der Waals surface area contributed by atoms with Gasteiger partial charge in [-0.1, -0.05) is 6.92 Å². The smallest absolute Gasteiger partial charge is 0.242 e. The highest BCUT2D eigenvalue weighted by Gasteiger charge is 2.16. The summed E-state index contributed by atoms with van der Waals surface area (Å²) in [6.45, 7) is 4.18. The quantitative estimate of drug-likeness (QED) is 0.672. The molecule has 0 unspecified atom stereocenters. The first-order valence-electron chi connectivity index (χ1n) is 6.35. The van der Waals surface area contributed by atoms with E-state index >= 15 is 0 Å². The van der Waals surface area contributed by atoms with Crippen molar-refractivity contribution in [3.63, 3.8) is 0 Å². The molecule has 1 heterocycles. The van der Waals surface area contributed by atoms with Gasteiger partial charge in [-0.2, -0.15) is 11.8 Å². The normalized spacial score (nSPS) is 11.9. The third kappa shape index (κ3) is 5.18. The van der Waals surface area contributed by atoms with Crippen molar-refractivity contribution in [1.29, 1.82) is 0 Å². The molecule has 0 aliphatic rings. The summed E-state index contributed by atoms with van der Waals surface area (Å²) >= 11 is 1.62. The maximum atomic E-state index is 12.0. The van der Waals surface area contributed by atoms with Crippen LogP contribution in [0.1, 0.15) is 19.0 Å². The van der Waals surface area contributed by atoms with Gasteiger partial charge in [0.05, 0.1) is 4.90 Å². The van der Waals surface area contributed by atoms with Crippen LogP contribution in [-0.2, 0) is 23.6 Å². The van der Waals surface area contributed by atoms with E-state index < -0.39 is 10.0 Å². The number of nitrogens with one attached hydrogen (secondary N) is 2. The average molecular weight is 305 g/mol. The van der Waals surface area contributed by atoms with Crippen molar-refractivity contribution in [3.05, 3.63) is 18.0 Å². The van der Waals surface area contributed by atoms with E-state index in [0.717, 1.165) is 24.4 Å². The average Bonchev–Trinajstić information content (AvgIpc) is 2.72. The number of rotatable bonds is 9. The van der Waals surface area contributed by atoms with Gasteiger partial charge in [0.15, 0.2) is 0 Å². The number of thioether (sulfide) groups is 1. The summed E-state index contributed by atoms with van der Waals surface area (Å²) in [5.74, 6) is 0.775. The zero-order valence-corrected chi connectivity index (χ0v) is 13.4. The van der Waals surface area contributed by atoms with Crippen molar-refractivity contribution in [2.75, 3.05) is 25.1 Å². The molecule has 0 atom stereocenters. The molecule has 1 aromatic rings. The standard InChI is InChI=1S/C12H23N3O2S2/c1-4-5-13-9-11-8-12(10-15(11)2)19(16,17)14-6-7-18-3/h8,10,13-14H,4-7,9H2,1-3H3. The highest BCUT2D eigenvalue weighted by molar-refractivity contribution is 7.98. The Morgan fingerprint density at radius 2 is 2.11 bits per heavy atom. The molecular formula is C12H23N3O2S2. The summed E-state index contributed by atoms with van der Waals surface area (Å²) < 4.78 is 28.6. The number of hydrogen-bond donors (Lipinski definition) is 2. The number of hydrogen-bond acceptors (Lipinski definition) is 4. The van der Waals surface area contributed by atoms with Crippen LogP contribution in [0.3, 0.4) is 0 Å². The minimum Gasteiger partial charge on any atom is -0.352 e. The van der Waals surface area contributed by atoms with Crippen LogP contribution in [0, 0.1) is 0 Å². The lowest BCUT2D eigenvalue weighted by Gasteiger charge is -2.03. The Balaban J connectivity index is 2.70. The first kappa shape index (κ1) is 16.6. The zero-order chi connectivity index (χ0) is 14.3. The Morgan fingerprint density at radius 3 is 2.74 bits per heavy atom. The number of nitrogens with zero attached hydrogens (tertiary/aromatic N) is 1. The summed E-state index contributed by atoms with van der Waals surface area (Å²) in [4.78, 5) is 0.337. The summed E-state index contributed by atoms with van der Waals surface area (Å²) in [6.07, 6.45) is 4.67. The van der Waals surface area contributed by atoms with Crippen molar-refractivity contribution in [3.8, 4) is 0 Å². The highest BCUT2D eigenvalue weighted by Crippen LogP contribution is 2.13. The first-order valence-corrected chi connectivity index (χ1v) is 9.23. The second kappa shape index (κ2) is 7.94. The lowest BCUT2D eigenvalue weighted by Crippen LogP contribution is -2.25. The van der Waals surface area contributed by atoms with Gasteiger partial charge in [0.2, 0.25) is 10.0 Å². The van der Waals surface area contributed by atoms with Crippen LogP contribution in [0.4, 0.5) is 0 Å². The third-order valence-electron chi connectivity index (χ3n) is 2.72. The fourth-order valence-corrected chi connectivity index (χ4v) is 3.22. The molecule has 0 spiro atoms. The lowest BCUT2D eigenvalue weighted by atomic mass is 10.4. The molecule has 5 nitrogen and oxygen atoms in total. The van der Waals surface area contributed by atoms with Gasteiger partial charge in [-0.3, -0.25) is 0 Å². The Kier molecular flexibility index (Phi) is 6.92. The van der Waals surface area contributed by atoms with Crippen molar-refractivity contribution in [2.45, 2.75) is 24.8 Å². The molecule has 0 aliphatic carbocycles. The summed E-state index contributed by atoms with van der Waals surface area (Å²) in [7, 11) is -1.51. The molecule has 110 valence electrons. The molecule has 0 amide bonds. The van der Waals surface area contributed by atoms with Gasteiger partial charge in [-0.15, -0.1) is 0 Å². The van der Waals surface area contributed by atoms with Gasteiger partial charge in [-0.25, -0.2) is 13.1 Å². The molecule has 0 saturated heterocycles. The van der Waals surface area contributed by atoms with E-state index in [0.29, 0.717) is 18.0 Å². The minimum absolute atomic E-state index is 0.337. The molecule has 1 rings (SSSR count). The van der Waals surface area contributed by atoms with Gasteiger partial charge < -0.3 is 9.88 Å². The van der Waals surface area contributed by atoms with E-state index in [4.69, 9.17) is 0 Å². The summed E-state index contributed by atoms with van der Waals surface area (Å²) in [5, 5.41) is 3.27. The fourth-order valence-electron chi connectivity index (χ4n) is 1.65. The monoisotopic (exact) mass is 305 g/mol. The molecule has 0 aromatic carbocycles. The molecule has 7 heteroatoms. The summed E-state index contributed by atoms with van der Waals surface area (Å²) in [6, 6.07) is 1.73.